The standard InChI is InChI=1S/C14H19N5O2/c1-8(2)7-15-14-16-9(3)5-11(17-14)13(20)18-12-6-10(4)21-19-12/h5-6,8H,7H2,1-4H3,(H,15,16,17)(H,18,19,20). The third-order valence-electron chi connectivity index (χ3n) is 2.62. The monoisotopic (exact) mass is 289 g/mol. The summed E-state index contributed by atoms with van der Waals surface area (Å²) in [5.74, 6) is 1.56. The lowest BCUT2D eigenvalue weighted by Gasteiger charge is -2.09. The van der Waals surface area contributed by atoms with E-state index in [0.717, 1.165) is 12.2 Å². The van der Waals surface area contributed by atoms with Gasteiger partial charge in [-0.1, -0.05) is 19.0 Å². The van der Waals surface area contributed by atoms with E-state index >= 15 is 0 Å². The first-order chi connectivity index (χ1) is 9.94. The molecule has 7 heteroatoms. The Bertz CT molecular complexity index is 636. The Morgan fingerprint density at radius 2 is 2.05 bits per heavy atom. The number of aryl methyl sites for hydroxylation is 2. The molecule has 0 saturated carbocycles. The number of hydrogen-bond acceptors (Lipinski definition) is 6. The number of anilines is 2. The SMILES string of the molecule is Cc1cc(C(=O)Nc2cc(C)on2)nc(NCC(C)C)n1. The van der Waals surface area contributed by atoms with E-state index in [9.17, 15) is 4.79 Å². The number of nitrogens with zero attached hydrogens (tertiary/aromatic N) is 3. The van der Waals surface area contributed by atoms with Gasteiger partial charge in [0.2, 0.25) is 5.95 Å². The number of hydrogen-bond donors (Lipinski definition) is 2. The second-order valence-corrected chi connectivity index (χ2v) is 5.27. The van der Waals surface area contributed by atoms with E-state index < -0.39 is 0 Å². The second-order valence-electron chi connectivity index (χ2n) is 5.27. The van der Waals surface area contributed by atoms with Gasteiger partial charge in [-0.3, -0.25) is 4.79 Å². The maximum atomic E-state index is 12.2. The predicted molar refractivity (Wildman–Crippen MR) is 79.3 cm³/mol. The molecule has 0 aliphatic carbocycles. The number of carbonyl (C=O) groups excluding carboxylic acids is 1. The first kappa shape index (κ1) is 15.0. The molecule has 1 amide bonds. The van der Waals surface area contributed by atoms with E-state index in [0.29, 0.717) is 23.4 Å². The number of carbonyl (C=O) groups is 1. The lowest BCUT2D eigenvalue weighted by Crippen LogP contribution is -2.17. The Labute approximate surface area is 123 Å². The summed E-state index contributed by atoms with van der Waals surface area (Å²) in [6.07, 6.45) is 0. The van der Waals surface area contributed by atoms with Crippen molar-refractivity contribution in [1.82, 2.24) is 15.1 Å². The third kappa shape index (κ3) is 4.27. The minimum atomic E-state index is -0.346. The van der Waals surface area contributed by atoms with E-state index in [1.807, 2.05) is 6.92 Å². The zero-order chi connectivity index (χ0) is 15.4. The number of amides is 1. The highest BCUT2D eigenvalue weighted by atomic mass is 16.5. The number of rotatable bonds is 5. The number of aromatic nitrogens is 3. The van der Waals surface area contributed by atoms with Crippen molar-refractivity contribution in [2.45, 2.75) is 27.7 Å². The van der Waals surface area contributed by atoms with Crippen LogP contribution in [0.3, 0.4) is 0 Å². The molecule has 0 aromatic carbocycles. The number of nitrogens with one attached hydrogen (secondary N) is 2. The van der Waals surface area contributed by atoms with Crippen molar-refractivity contribution in [3.63, 3.8) is 0 Å². The fraction of sp³-hybridized carbons (Fsp3) is 0.429. The van der Waals surface area contributed by atoms with Crippen molar-refractivity contribution in [3.8, 4) is 0 Å². The lowest BCUT2D eigenvalue weighted by molar-refractivity contribution is 0.102. The van der Waals surface area contributed by atoms with E-state index in [1.165, 1.54) is 0 Å². The fourth-order valence-electron chi connectivity index (χ4n) is 1.67. The van der Waals surface area contributed by atoms with Crippen LogP contribution in [0.2, 0.25) is 0 Å². The summed E-state index contributed by atoms with van der Waals surface area (Å²) in [7, 11) is 0. The van der Waals surface area contributed by atoms with Gasteiger partial charge in [0.1, 0.15) is 11.5 Å². The minimum Gasteiger partial charge on any atom is -0.360 e. The highest BCUT2D eigenvalue weighted by Gasteiger charge is 2.13. The molecule has 0 aliphatic rings. The molecular formula is C14H19N5O2. The molecule has 0 radical (unpaired) electrons. The lowest BCUT2D eigenvalue weighted by atomic mass is 10.2. The van der Waals surface area contributed by atoms with Crippen LogP contribution < -0.4 is 10.6 Å². The Balaban J connectivity index is 2.12. The first-order valence-electron chi connectivity index (χ1n) is 6.78. The maximum Gasteiger partial charge on any atom is 0.275 e. The molecule has 0 unspecified atom stereocenters. The molecule has 0 fully saturated rings. The molecule has 0 aliphatic heterocycles. The van der Waals surface area contributed by atoms with Crippen molar-refractivity contribution in [3.05, 3.63) is 29.3 Å². The summed E-state index contributed by atoms with van der Waals surface area (Å²) in [5.41, 5.74) is 1.01. The fourth-order valence-corrected chi connectivity index (χ4v) is 1.67. The van der Waals surface area contributed by atoms with E-state index in [-0.39, 0.29) is 11.6 Å². The van der Waals surface area contributed by atoms with E-state index in [4.69, 9.17) is 4.52 Å². The highest BCUT2D eigenvalue weighted by molar-refractivity contribution is 6.02. The smallest absolute Gasteiger partial charge is 0.275 e. The summed E-state index contributed by atoms with van der Waals surface area (Å²) in [4.78, 5) is 20.6. The quantitative estimate of drug-likeness (QED) is 0.878. The van der Waals surface area contributed by atoms with Crippen molar-refractivity contribution < 1.29 is 9.32 Å². The summed E-state index contributed by atoms with van der Waals surface area (Å²) in [6.45, 7) is 8.49. The first-order valence-corrected chi connectivity index (χ1v) is 6.78. The normalized spacial score (nSPS) is 10.7. The van der Waals surface area contributed by atoms with Crippen LogP contribution in [0.4, 0.5) is 11.8 Å². The molecule has 2 heterocycles. The Morgan fingerprint density at radius 1 is 1.29 bits per heavy atom. The van der Waals surface area contributed by atoms with Crippen LogP contribution in [0.5, 0.6) is 0 Å². The van der Waals surface area contributed by atoms with Crippen LogP contribution in [-0.4, -0.2) is 27.6 Å². The van der Waals surface area contributed by atoms with Crippen LogP contribution in [0.15, 0.2) is 16.7 Å². The molecule has 2 rings (SSSR count). The highest BCUT2D eigenvalue weighted by Crippen LogP contribution is 2.11. The van der Waals surface area contributed by atoms with E-state index in [2.05, 4.69) is 39.6 Å². The van der Waals surface area contributed by atoms with Gasteiger partial charge in [-0.05, 0) is 25.8 Å². The van der Waals surface area contributed by atoms with Gasteiger partial charge in [-0.15, -0.1) is 0 Å². The van der Waals surface area contributed by atoms with Gasteiger partial charge in [0, 0.05) is 18.3 Å². The topological polar surface area (TPSA) is 92.9 Å². The Hall–Kier alpha value is -2.44. The minimum absolute atomic E-state index is 0.286. The Morgan fingerprint density at radius 3 is 2.67 bits per heavy atom. The second kappa shape index (κ2) is 6.34. The van der Waals surface area contributed by atoms with Crippen molar-refractivity contribution in [2.75, 3.05) is 17.2 Å². The molecule has 0 bridgehead atoms. The van der Waals surface area contributed by atoms with Crippen LogP contribution in [-0.2, 0) is 0 Å². The maximum absolute atomic E-state index is 12.2. The van der Waals surface area contributed by atoms with Crippen LogP contribution >= 0.6 is 0 Å². The summed E-state index contributed by atoms with van der Waals surface area (Å²) >= 11 is 0. The predicted octanol–water partition coefficient (Wildman–Crippen LogP) is 2.40. The van der Waals surface area contributed by atoms with Crippen LogP contribution in [0.25, 0.3) is 0 Å². The molecule has 112 valence electrons. The molecule has 2 N–H and O–H groups in total. The van der Waals surface area contributed by atoms with Gasteiger partial charge >= 0.3 is 0 Å². The van der Waals surface area contributed by atoms with Crippen molar-refractivity contribution >= 4 is 17.7 Å². The molecule has 0 spiro atoms. The van der Waals surface area contributed by atoms with Gasteiger partial charge in [0.25, 0.3) is 5.91 Å². The zero-order valence-electron chi connectivity index (χ0n) is 12.6. The molecule has 2 aromatic rings. The third-order valence-corrected chi connectivity index (χ3v) is 2.62. The Kier molecular flexibility index (Phi) is 4.52. The summed E-state index contributed by atoms with van der Waals surface area (Å²) in [6, 6.07) is 3.27. The van der Waals surface area contributed by atoms with Crippen molar-refractivity contribution in [2.24, 2.45) is 5.92 Å². The largest absolute Gasteiger partial charge is 0.360 e. The molecule has 21 heavy (non-hydrogen) atoms. The van der Waals surface area contributed by atoms with Gasteiger partial charge in [0.05, 0.1) is 0 Å². The molecule has 0 atom stereocenters. The van der Waals surface area contributed by atoms with Gasteiger partial charge < -0.3 is 15.2 Å². The zero-order valence-corrected chi connectivity index (χ0v) is 12.6. The van der Waals surface area contributed by atoms with Gasteiger partial charge in [0.15, 0.2) is 5.82 Å². The molecule has 7 nitrogen and oxygen atoms in total. The van der Waals surface area contributed by atoms with Crippen molar-refractivity contribution in [1.29, 1.82) is 0 Å². The average Bonchev–Trinajstić information content (AvgIpc) is 2.81. The average molecular weight is 289 g/mol. The van der Waals surface area contributed by atoms with Gasteiger partial charge in [-0.2, -0.15) is 0 Å². The molecule has 2 aromatic heterocycles. The summed E-state index contributed by atoms with van der Waals surface area (Å²) in [5, 5.41) is 9.47. The van der Waals surface area contributed by atoms with E-state index in [1.54, 1.807) is 19.1 Å². The molecular weight excluding hydrogens is 270 g/mol. The van der Waals surface area contributed by atoms with Gasteiger partial charge in [-0.25, -0.2) is 9.97 Å². The van der Waals surface area contributed by atoms with Crippen LogP contribution in [0, 0.1) is 19.8 Å². The molecule has 0 saturated heterocycles. The summed E-state index contributed by atoms with van der Waals surface area (Å²) < 4.78 is 4.90. The van der Waals surface area contributed by atoms with Crippen LogP contribution in [0.1, 0.15) is 35.8 Å².